The fourth-order valence-electron chi connectivity index (χ4n) is 3.76. The molecule has 188 valence electrons. The Labute approximate surface area is 202 Å². The van der Waals surface area contributed by atoms with Crippen molar-refractivity contribution in [2.75, 3.05) is 32.8 Å². The Morgan fingerprint density at radius 3 is 2.74 bits per heavy atom. The summed E-state index contributed by atoms with van der Waals surface area (Å²) in [4.78, 5) is 31.8. The first-order chi connectivity index (χ1) is 15.7. The van der Waals surface area contributed by atoms with Crippen molar-refractivity contribution in [3.05, 3.63) is 46.5 Å². The molecule has 2 aromatic rings. The summed E-state index contributed by atoms with van der Waals surface area (Å²) in [6, 6.07) is 3.93. The van der Waals surface area contributed by atoms with Crippen LogP contribution in [0.15, 0.2) is 35.5 Å². The van der Waals surface area contributed by atoms with E-state index in [9.17, 15) is 27.7 Å². The number of benzene rings is 1. The highest BCUT2D eigenvalue weighted by Crippen LogP contribution is 2.29. The van der Waals surface area contributed by atoms with Gasteiger partial charge >= 0.3 is 6.09 Å². The van der Waals surface area contributed by atoms with Crippen LogP contribution in [0.5, 0.6) is 0 Å². The summed E-state index contributed by atoms with van der Waals surface area (Å²) >= 11 is 0. The molecule has 1 amide bonds. The number of unbranched alkanes of at least 4 members (excludes halogenated alkanes) is 1. The number of rotatable bonds is 8. The van der Waals surface area contributed by atoms with Crippen LogP contribution in [0.3, 0.4) is 0 Å². The van der Waals surface area contributed by atoms with Crippen LogP contribution in [-0.2, 0) is 19.6 Å². The fraction of sp³-hybridized carbons (Fsp3) is 0.500. The van der Waals surface area contributed by atoms with E-state index in [1.165, 1.54) is 21.5 Å². The number of pyridine rings is 1. The molecule has 1 aromatic heterocycles. The van der Waals surface area contributed by atoms with Crippen molar-refractivity contribution in [1.29, 1.82) is 0 Å². The third kappa shape index (κ3) is 6.42. The van der Waals surface area contributed by atoms with Crippen molar-refractivity contribution < 1.29 is 32.3 Å². The van der Waals surface area contributed by atoms with Crippen molar-refractivity contribution in [3.63, 3.8) is 0 Å². The van der Waals surface area contributed by atoms with Crippen molar-refractivity contribution >= 4 is 39.3 Å². The second kappa shape index (κ2) is 12.1. The highest BCUT2D eigenvalue weighted by atomic mass is 35.5. The highest BCUT2D eigenvalue weighted by Gasteiger charge is 2.35. The molecule has 1 aliphatic heterocycles. The average Bonchev–Trinajstić information content (AvgIpc) is 2.97. The third-order valence-electron chi connectivity index (χ3n) is 5.29. The van der Waals surface area contributed by atoms with Crippen LogP contribution < -0.4 is 0 Å². The fourth-order valence-corrected chi connectivity index (χ4v) is 5.64. The molecule has 1 atom stereocenters. The van der Waals surface area contributed by atoms with E-state index < -0.39 is 33.1 Å². The molecule has 1 saturated heterocycles. The van der Waals surface area contributed by atoms with Gasteiger partial charge in [0, 0.05) is 42.6 Å². The third-order valence-corrected chi connectivity index (χ3v) is 7.34. The molecule has 14 heteroatoms. The lowest BCUT2D eigenvalue weighted by Crippen LogP contribution is -2.44. The lowest BCUT2D eigenvalue weighted by Gasteiger charge is -2.28. The molecule has 0 unspecified atom stereocenters. The Morgan fingerprint density at radius 2 is 2.00 bits per heavy atom. The van der Waals surface area contributed by atoms with Gasteiger partial charge in [-0.3, -0.25) is 4.98 Å². The van der Waals surface area contributed by atoms with Gasteiger partial charge in [0.25, 0.3) is 5.09 Å². The van der Waals surface area contributed by atoms with Gasteiger partial charge < -0.3 is 14.5 Å². The SMILES string of the molecule is C[C@H]1CN(C(=O)OCCCCO[N+](=O)[O-])CCCN1S(=O)(=O)c1cccc2cncc(F)c12.Cl. The number of halogens is 2. The summed E-state index contributed by atoms with van der Waals surface area (Å²) < 4.78 is 47.9. The molecule has 0 saturated carbocycles. The molecule has 0 N–H and O–H groups in total. The average molecular weight is 521 g/mol. The number of sulfonamides is 1. The van der Waals surface area contributed by atoms with E-state index in [2.05, 4.69) is 9.82 Å². The number of aromatic nitrogens is 1. The zero-order valence-corrected chi connectivity index (χ0v) is 20.1. The summed E-state index contributed by atoms with van der Waals surface area (Å²) in [5.74, 6) is -0.719. The summed E-state index contributed by atoms with van der Waals surface area (Å²) in [5.41, 5.74) is 0. The minimum Gasteiger partial charge on any atom is -0.449 e. The smallest absolute Gasteiger partial charge is 0.409 e. The van der Waals surface area contributed by atoms with E-state index in [0.29, 0.717) is 31.2 Å². The summed E-state index contributed by atoms with van der Waals surface area (Å²) in [6.07, 6.45) is 2.93. The van der Waals surface area contributed by atoms with Gasteiger partial charge in [-0.2, -0.15) is 4.31 Å². The van der Waals surface area contributed by atoms with E-state index >= 15 is 0 Å². The molecule has 0 spiro atoms. The number of carbonyl (C=O) groups excluding carboxylic acids is 1. The molecule has 34 heavy (non-hydrogen) atoms. The molecule has 1 fully saturated rings. The summed E-state index contributed by atoms with van der Waals surface area (Å²) in [7, 11) is -4.05. The Hall–Kier alpha value is -2.77. The van der Waals surface area contributed by atoms with Crippen LogP contribution in [0.25, 0.3) is 10.8 Å². The topological polar surface area (TPSA) is 132 Å². The van der Waals surface area contributed by atoms with Crippen LogP contribution >= 0.6 is 12.4 Å². The first-order valence-electron chi connectivity index (χ1n) is 10.4. The number of carbonyl (C=O) groups is 1. The number of ether oxygens (including phenoxy) is 1. The monoisotopic (exact) mass is 520 g/mol. The Kier molecular flexibility index (Phi) is 9.77. The molecule has 0 bridgehead atoms. The lowest BCUT2D eigenvalue weighted by atomic mass is 10.2. The zero-order valence-electron chi connectivity index (χ0n) is 18.5. The van der Waals surface area contributed by atoms with Crippen molar-refractivity contribution in [2.24, 2.45) is 0 Å². The van der Waals surface area contributed by atoms with Crippen LogP contribution in [0.2, 0.25) is 0 Å². The first-order valence-corrected chi connectivity index (χ1v) is 11.9. The van der Waals surface area contributed by atoms with E-state index in [-0.39, 0.29) is 49.0 Å². The minimum atomic E-state index is -4.05. The van der Waals surface area contributed by atoms with Gasteiger partial charge in [-0.1, -0.05) is 12.1 Å². The van der Waals surface area contributed by atoms with Crippen LogP contribution in [-0.4, -0.2) is 72.7 Å². The van der Waals surface area contributed by atoms with Gasteiger partial charge in [0.15, 0.2) is 5.82 Å². The number of nitrogens with zero attached hydrogens (tertiary/aromatic N) is 4. The lowest BCUT2D eigenvalue weighted by molar-refractivity contribution is -0.757. The quantitative estimate of drug-likeness (QED) is 0.295. The molecule has 2 heterocycles. The predicted octanol–water partition coefficient (Wildman–Crippen LogP) is 3.01. The molecule has 1 aromatic carbocycles. The van der Waals surface area contributed by atoms with E-state index in [1.807, 2.05) is 0 Å². The van der Waals surface area contributed by atoms with Gasteiger partial charge in [0.05, 0.1) is 24.3 Å². The van der Waals surface area contributed by atoms with Crippen molar-refractivity contribution in [2.45, 2.75) is 37.1 Å². The molecule has 1 aliphatic rings. The van der Waals surface area contributed by atoms with E-state index in [0.717, 1.165) is 6.20 Å². The van der Waals surface area contributed by atoms with E-state index in [4.69, 9.17) is 4.74 Å². The Morgan fingerprint density at radius 1 is 1.26 bits per heavy atom. The van der Waals surface area contributed by atoms with Crippen molar-refractivity contribution in [3.8, 4) is 0 Å². The molecule has 0 radical (unpaired) electrons. The zero-order chi connectivity index (χ0) is 24.0. The molecular formula is C20H26ClFN4O7S. The van der Waals surface area contributed by atoms with Gasteiger partial charge in [0.1, 0.15) is 0 Å². The van der Waals surface area contributed by atoms with Crippen LogP contribution in [0.1, 0.15) is 26.2 Å². The number of hydrogen-bond donors (Lipinski definition) is 0. The van der Waals surface area contributed by atoms with Crippen LogP contribution in [0.4, 0.5) is 9.18 Å². The van der Waals surface area contributed by atoms with Gasteiger partial charge in [-0.05, 0) is 32.3 Å². The normalized spacial score (nSPS) is 17.0. The number of fused-ring (bicyclic) bond motifs is 1. The minimum absolute atomic E-state index is 0. The summed E-state index contributed by atoms with van der Waals surface area (Å²) in [5, 5.41) is 9.59. The second-order valence-electron chi connectivity index (χ2n) is 7.62. The van der Waals surface area contributed by atoms with Gasteiger partial charge in [-0.25, -0.2) is 17.6 Å². The van der Waals surface area contributed by atoms with Crippen molar-refractivity contribution in [1.82, 2.24) is 14.2 Å². The maximum atomic E-state index is 14.5. The maximum absolute atomic E-state index is 14.5. The molecule has 11 nitrogen and oxygen atoms in total. The Bertz CT molecular complexity index is 1120. The number of hydrogen-bond acceptors (Lipinski definition) is 8. The van der Waals surface area contributed by atoms with Gasteiger partial charge in [-0.15, -0.1) is 22.5 Å². The predicted molar refractivity (Wildman–Crippen MR) is 122 cm³/mol. The number of amides is 1. The second-order valence-corrected chi connectivity index (χ2v) is 9.48. The first kappa shape index (κ1) is 27.5. The largest absolute Gasteiger partial charge is 0.449 e. The molecular weight excluding hydrogens is 495 g/mol. The van der Waals surface area contributed by atoms with Crippen LogP contribution in [0, 0.1) is 15.9 Å². The Balaban J connectivity index is 0.00000408. The van der Waals surface area contributed by atoms with E-state index in [1.54, 1.807) is 19.1 Å². The van der Waals surface area contributed by atoms with Gasteiger partial charge in [0.2, 0.25) is 10.0 Å². The highest BCUT2D eigenvalue weighted by molar-refractivity contribution is 7.89. The molecule has 3 rings (SSSR count). The standard InChI is InChI=1S/C20H25FN4O7S.ClH/c1-15-14-23(20(26)31-10-2-3-11-32-25(27)28)8-5-9-24(15)33(29,30)18-7-4-6-16-12-22-13-17(21)19(16)18;/h4,6-7,12-13,15H,2-3,5,8-11,14H2,1H3;1H/t15-;/m0./s1. The molecule has 0 aliphatic carbocycles. The summed E-state index contributed by atoms with van der Waals surface area (Å²) in [6.45, 7) is 2.24. The maximum Gasteiger partial charge on any atom is 0.409 e.